The van der Waals surface area contributed by atoms with E-state index >= 15 is 0 Å². The molecule has 0 saturated carbocycles. The van der Waals surface area contributed by atoms with Gasteiger partial charge >= 0.3 is 0 Å². The van der Waals surface area contributed by atoms with Crippen LogP contribution in [-0.2, 0) is 6.42 Å². The maximum absolute atomic E-state index is 13.1. The Hall–Kier alpha value is -0.920. The molecule has 18 heavy (non-hydrogen) atoms. The van der Waals surface area contributed by atoms with Crippen LogP contribution in [0.1, 0.15) is 18.4 Å². The average molecular weight is 311 g/mol. The molecule has 1 aromatic carbocycles. The topological polar surface area (TPSA) is 27.0 Å². The molecule has 0 atom stereocenters. The van der Waals surface area contributed by atoms with Crippen molar-refractivity contribution in [2.24, 2.45) is 5.92 Å². The summed E-state index contributed by atoms with van der Waals surface area (Å²) in [7, 11) is 0. The van der Waals surface area contributed by atoms with Crippen molar-refractivity contribution in [2.75, 3.05) is 19.6 Å². The molecule has 0 aliphatic carbocycles. The highest BCUT2D eigenvalue weighted by molar-refractivity contribution is 9.10. The van der Waals surface area contributed by atoms with Crippen LogP contribution < -0.4 is 0 Å². The number of hydrogen-bond donors (Lipinski definition) is 0. The second-order valence-corrected chi connectivity index (χ2v) is 5.60. The van der Waals surface area contributed by atoms with E-state index in [2.05, 4.69) is 26.9 Å². The fourth-order valence-corrected chi connectivity index (χ4v) is 2.69. The minimum Gasteiger partial charge on any atom is -0.303 e. The Morgan fingerprint density at radius 3 is 2.72 bits per heavy atom. The molecular formula is C14H16BrFN2. The first kappa shape index (κ1) is 13.5. The standard InChI is InChI=1S/C14H16BrFN2/c15-13-9-11(1-2-14(13)16)3-6-18-7-4-12(10-17)5-8-18/h1-2,9,12H,3-8H2. The first-order valence-electron chi connectivity index (χ1n) is 6.25. The highest BCUT2D eigenvalue weighted by atomic mass is 79.9. The molecule has 4 heteroatoms. The Kier molecular flexibility index (Phi) is 4.73. The highest BCUT2D eigenvalue weighted by Gasteiger charge is 2.18. The molecule has 1 aliphatic rings. The molecule has 2 nitrogen and oxygen atoms in total. The Labute approximate surface area is 116 Å². The van der Waals surface area contributed by atoms with E-state index in [4.69, 9.17) is 5.26 Å². The monoisotopic (exact) mass is 310 g/mol. The van der Waals surface area contributed by atoms with E-state index in [1.165, 1.54) is 6.07 Å². The zero-order chi connectivity index (χ0) is 13.0. The average Bonchev–Trinajstić information content (AvgIpc) is 2.41. The maximum Gasteiger partial charge on any atom is 0.137 e. The molecule has 1 saturated heterocycles. The van der Waals surface area contributed by atoms with E-state index in [1.807, 2.05) is 12.1 Å². The van der Waals surface area contributed by atoms with Crippen LogP contribution in [0.4, 0.5) is 4.39 Å². The molecule has 0 N–H and O–H groups in total. The Bertz CT molecular complexity index is 448. The maximum atomic E-state index is 13.1. The number of rotatable bonds is 3. The third-order valence-corrected chi connectivity index (χ3v) is 4.08. The first-order chi connectivity index (χ1) is 8.69. The van der Waals surface area contributed by atoms with Gasteiger partial charge in [0.25, 0.3) is 0 Å². The van der Waals surface area contributed by atoms with Crippen molar-refractivity contribution in [3.05, 3.63) is 34.1 Å². The van der Waals surface area contributed by atoms with E-state index in [0.717, 1.165) is 44.5 Å². The summed E-state index contributed by atoms with van der Waals surface area (Å²) in [5, 5.41) is 8.83. The number of piperidine rings is 1. The lowest BCUT2D eigenvalue weighted by Crippen LogP contribution is -2.34. The van der Waals surface area contributed by atoms with E-state index < -0.39 is 0 Å². The third kappa shape index (κ3) is 3.54. The van der Waals surface area contributed by atoms with E-state index in [1.54, 1.807) is 0 Å². The second kappa shape index (κ2) is 6.31. The first-order valence-corrected chi connectivity index (χ1v) is 7.04. The molecule has 96 valence electrons. The van der Waals surface area contributed by atoms with Gasteiger partial charge in [-0.1, -0.05) is 6.07 Å². The molecule has 0 aromatic heterocycles. The molecule has 1 fully saturated rings. The van der Waals surface area contributed by atoms with Crippen LogP contribution in [0.5, 0.6) is 0 Å². The van der Waals surface area contributed by atoms with Gasteiger partial charge in [0, 0.05) is 12.5 Å². The second-order valence-electron chi connectivity index (χ2n) is 4.74. The summed E-state index contributed by atoms with van der Waals surface area (Å²) in [6.07, 6.45) is 2.88. The molecule has 0 spiro atoms. The van der Waals surface area contributed by atoms with Crippen molar-refractivity contribution in [1.82, 2.24) is 4.90 Å². The van der Waals surface area contributed by atoms with Crippen LogP contribution in [0.3, 0.4) is 0 Å². The fourth-order valence-electron chi connectivity index (χ4n) is 2.27. The number of hydrogen-bond acceptors (Lipinski definition) is 2. The molecular weight excluding hydrogens is 295 g/mol. The van der Waals surface area contributed by atoms with Crippen LogP contribution in [0, 0.1) is 23.1 Å². The highest BCUT2D eigenvalue weighted by Crippen LogP contribution is 2.19. The Morgan fingerprint density at radius 1 is 1.39 bits per heavy atom. The van der Waals surface area contributed by atoms with Gasteiger partial charge in [0.15, 0.2) is 0 Å². The molecule has 2 rings (SSSR count). The third-order valence-electron chi connectivity index (χ3n) is 3.47. The summed E-state index contributed by atoms with van der Waals surface area (Å²) in [6.45, 7) is 2.98. The van der Waals surface area contributed by atoms with Crippen molar-refractivity contribution in [3.8, 4) is 6.07 Å². The number of likely N-dealkylation sites (tertiary alicyclic amines) is 1. The summed E-state index contributed by atoms with van der Waals surface area (Å²) < 4.78 is 13.6. The zero-order valence-electron chi connectivity index (χ0n) is 10.2. The van der Waals surface area contributed by atoms with Crippen LogP contribution in [0.15, 0.2) is 22.7 Å². The number of nitrogens with zero attached hydrogens (tertiary/aromatic N) is 2. The van der Waals surface area contributed by atoms with Gasteiger partial charge in [-0.15, -0.1) is 0 Å². The Balaban J connectivity index is 1.82. The summed E-state index contributed by atoms with van der Waals surface area (Å²) >= 11 is 3.20. The SMILES string of the molecule is N#CC1CCN(CCc2ccc(F)c(Br)c2)CC1. The van der Waals surface area contributed by atoms with Gasteiger partial charge in [-0.3, -0.25) is 0 Å². The lowest BCUT2D eigenvalue weighted by atomic mass is 9.98. The molecule has 0 bridgehead atoms. The van der Waals surface area contributed by atoms with Crippen LogP contribution in [0.25, 0.3) is 0 Å². The molecule has 0 unspecified atom stereocenters. The largest absolute Gasteiger partial charge is 0.303 e. The van der Waals surface area contributed by atoms with Crippen molar-refractivity contribution in [1.29, 1.82) is 5.26 Å². The van der Waals surface area contributed by atoms with Crippen molar-refractivity contribution >= 4 is 15.9 Å². The van der Waals surface area contributed by atoms with Crippen LogP contribution in [-0.4, -0.2) is 24.5 Å². The smallest absolute Gasteiger partial charge is 0.137 e. The fraction of sp³-hybridized carbons (Fsp3) is 0.500. The van der Waals surface area contributed by atoms with E-state index in [-0.39, 0.29) is 11.7 Å². The van der Waals surface area contributed by atoms with E-state index in [0.29, 0.717) is 4.47 Å². The van der Waals surface area contributed by atoms with Crippen molar-refractivity contribution in [3.63, 3.8) is 0 Å². The van der Waals surface area contributed by atoms with Crippen molar-refractivity contribution < 1.29 is 4.39 Å². The lowest BCUT2D eigenvalue weighted by molar-refractivity contribution is 0.208. The molecule has 1 aromatic rings. The minimum atomic E-state index is -0.214. The molecule has 1 aliphatic heterocycles. The summed E-state index contributed by atoms with van der Waals surface area (Å²) in [6, 6.07) is 7.52. The van der Waals surface area contributed by atoms with Gasteiger partial charge in [-0.25, -0.2) is 4.39 Å². The predicted molar refractivity (Wildman–Crippen MR) is 72.6 cm³/mol. The number of benzene rings is 1. The van der Waals surface area contributed by atoms with Crippen LogP contribution >= 0.6 is 15.9 Å². The van der Waals surface area contributed by atoms with E-state index in [9.17, 15) is 4.39 Å². The van der Waals surface area contributed by atoms with Crippen LogP contribution in [0.2, 0.25) is 0 Å². The van der Waals surface area contributed by atoms with Gasteiger partial charge in [-0.05, 0) is 66.0 Å². The van der Waals surface area contributed by atoms with Crippen molar-refractivity contribution in [2.45, 2.75) is 19.3 Å². The zero-order valence-corrected chi connectivity index (χ0v) is 11.8. The quantitative estimate of drug-likeness (QED) is 0.856. The summed E-state index contributed by atoms with van der Waals surface area (Å²) in [4.78, 5) is 2.38. The minimum absolute atomic E-state index is 0.214. The summed E-state index contributed by atoms with van der Waals surface area (Å²) in [5.74, 6) is 0.0230. The normalized spacial score (nSPS) is 17.6. The number of halogens is 2. The molecule has 1 heterocycles. The lowest BCUT2D eigenvalue weighted by Gasteiger charge is -2.28. The Morgan fingerprint density at radius 2 is 2.11 bits per heavy atom. The van der Waals surface area contributed by atoms with Gasteiger partial charge in [0.05, 0.1) is 10.5 Å². The summed E-state index contributed by atoms with van der Waals surface area (Å²) in [5.41, 5.74) is 1.14. The van der Waals surface area contributed by atoms with Gasteiger partial charge in [0.2, 0.25) is 0 Å². The molecule has 0 amide bonds. The van der Waals surface area contributed by atoms with Gasteiger partial charge in [0.1, 0.15) is 5.82 Å². The molecule has 0 radical (unpaired) electrons. The number of nitriles is 1. The van der Waals surface area contributed by atoms with Gasteiger partial charge < -0.3 is 4.90 Å². The predicted octanol–water partition coefficient (Wildman–Crippen LogP) is 3.37. The van der Waals surface area contributed by atoms with Gasteiger partial charge in [-0.2, -0.15) is 5.26 Å².